The summed E-state index contributed by atoms with van der Waals surface area (Å²) in [5.74, 6) is 1.61. The van der Waals surface area contributed by atoms with E-state index in [4.69, 9.17) is 11.6 Å². The average molecular weight is 296 g/mol. The molecular weight excluding hydrogens is 278 g/mol. The number of halogens is 1. The summed E-state index contributed by atoms with van der Waals surface area (Å²) in [5, 5.41) is 4.06. The second-order valence-corrected chi connectivity index (χ2v) is 6.45. The number of hydrogen-bond acceptors (Lipinski definition) is 2. The molecule has 2 aliphatic rings. The molecule has 2 N–H and O–H groups in total. The van der Waals surface area contributed by atoms with Gasteiger partial charge in [-0.15, -0.1) is 0 Å². The summed E-state index contributed by atoms with van der Waals surface area (Å²) in [6.45, 7) is 0.922. The molecule has 102 valence electrons. The zero-order chi connectivity index (χ0) is 13.1. The molecule has 1 aromatic carbocycles. The fourth-order valence-electron chi connectivity index (χ4n) is 2.61. The minimum atomic E-state index is 0.750. The van der Waals surface area contributed by atoms with Crippen LogP contribution in [-0.2, 0) is 0 Å². The number of nitrogens with one attached hydrogen (secondary N) is 2. The highest BCUT2D eigenvalue weighted by molar-refractivity contribution is 7.98. The smallest absolute Gasteiger partial charge is 0.206 e. The number of aliphatic imine (C=N–C) groups is 1. The quantitative estimate of drug-likeness (QED) is 0.799. The van der Waals surface area contributed by atoms with Crippen LogP contribution in [0.3, 0.4) is 0 Å². The Morgan fingerprint density at radius 3 is 2.95 bits per heavy atom. The molecule has 0 spiro atoms. The van der Waals surface area contributed by atoms with Gasteiger partial charge >= 0.3 is 0 Å². The van der Waals surface area contributed by atoms with Gasteiger partial charge in [0.2, 0.25) is 5.96 Å². The van der Waals surface area contributed by atoms with Gasteiger partial charge in [0.1, 0.15) is 0 Å². The number of anilines is 1. The van der Waals surface area contributed by atoms with Gasteiger partial charge in [-0.2, -0.15) is 0 Å². The third-order valence-electron chi connectivity index (χ3n) is 3.68. The van der Waals surface area contributed by atoms with Crippen molar-refractivity contribution in [3.8, 4) is 0 Å². The van der Waals surface area contributed by atoms with E-state index in [1.807, 2.05) is 18.2 Å². The minimum absolute atomic E-state index is 0.750. The first-order chi connectivity index (χ1) is 9.31. The molecule has 0 aromatic heterocycles. The topological polar surface area (TPSA) is 36.4 Å². The monoisotopic (exact) mass is 295 g/mol. The summed E-state index contributed by atoms with van der Waals surface area (Å²) in [4.78, 5) is 5.82. The van der Waals surface area contributed by atoms with Crippen molar-refractivity contribution in [2.45, 2.75) is 37.0 Å². The Balaban J connectivity index is 1.64. The molecule has 0 amide bonds. The van der Waals surface area contributed by atoms with Gasteiger partial charge in [-0.3, -0.25) is 9.71 Å². The second kappa shape index (κ2) is 6.06. The molecule has 0 unspecified atom stereocenters. The van der Waals surface area contributed by atoms with Crippen molar-refractivity contribution in [2.75, 3.05) is 11.9 Å². The molecule has 0 atom stereocenters. The Kier molecular flexibility index (Phi) is 4.18. The molecule has 1 aromatic rings. The van der Waals surface area contributed by atoms with E-state index in [1.54, 1.807) is 11.9 Å². The molecule has 19 heavy (non-hydrogen) atoms. The number of rotatable bonds is 2. The fourth-order valence-corrected chi connectivity index (χ4v) is 3.46. The number of nitrogens with zero attached hydrogens (tertiary/aromatic N) is 1. The Labute approximate surface area is 123 Å². The van der Waals surface area contributed by atoms with Crippen LogP contribution in [0.25, 0.3) is 0 Å². The molecule has 0 radical (unpaired) electrons. The van der Waals surface area contributed by atoms with Gasteiger partial charge in [-0.25, -0.2) is 0 Å². The van der Waals surface area contributed by atoms with Crippen LogP contribution < -0.4 is 10.0 Å². The van der Waals surface area contributed by atoms with Crippen LogP contribution >= 0.6 is 23.5 Å². The van der Waals surface area contributed by atoms with Crippen LogP contribution in [0.2, 0.25) is 5.02 Å². The van der Waals surface area contributed by atoms with Crippen LogP contribution in [-0.4, -0.2) is 12.5 Å². The maximum absolute atomic E-state index is 6.01. The molecule has 0 bridgehead atoms. The van der Waals surface area contributed by atoms with E-state index in [1.165, 1.54) is 32.1 Å². The molecule has 1 aliphatic carbocycles. The van der Waals surface area contributed by atoms with Crippen molar-refractivity contribution >= 4 is 35.2 Å². The predicted molar refractivity (Wildman–Crippen MR) is 82.9 cm³/mol. The lowest BCUT2D eigenvalue weighted by molar-refractivity contribution is 0.367. The molecule has 1 aliphatic heterocycles. The van der Waals surface area contributed by atoms with Crippen molar-refractivity contribution in [3.63, 3.8) is 0 Å². The number of benzene rings is 1. The lowest BCUT2D eigenvalue weighted by Gasteiger charge is -2.23. The summed E-state index contributed by atoms with van der Waals surface area (Å²) in [5.41, 5.74) is 1.04. The summed E-state index contributed by atoms with van der Waals surface area (Å²) in [6, 6.07) is 5.86. The Bertz CT molecular complexity index is 484. The fraction of sp³-hybridized carbons (Fsp3) is 0.500. The van der Waals surface area contributed by atoms with Crippen molar-refractivity contribution in [3.05, 3.63) is 23.2 Å². The highest BCUT2D eigenvalue weighted by Gasteiger charge is 2.16. The van der Waals surface area contributed by atoms with Gasteiger partial charge in [0, 0.05) is 11.6 Å². The number of hydrogen-bond donors (Lipinski definition) is 2. The van der Waals surface area contributed by atoms with Crippen molar-refractivity contribution < 1.29 is 0 Å². The summed E-state index contributed by atoms with van der Waals surface area (Å²) < 4.78 is 3.25. The molecule has 0 saturated heterocycles. The first-order valence-electron chi connectivity index (χ1n) is 6.85. The van der Waals surface area contributed by atoms with Crippen molar-refractivity contribution in [1.29, 1.82) is 0 Å². The van der Waals surface area contributed by atoms with Crippen molar-refractivity contribution in [1.82, 2.24) is 4.72 Å². The largest absolute Gasteiger partial charge is 0.325 e. The van der Waals surface area contributed by atoms with Gasteiger partial charge in [0.15, 0.2) is 0 Å². The molecule has 5 heteroatoms. The first-order valence-corrected chi connectivity index (χ1v) is 8.04. The van der Waals surface area contributed by atoms with Crippen molar-refractivity contribution in [2.24, 2.45) is 10.9 Å². The van der Waals surface area contributed by atoms with E-state index in [0.717, 1.165) is 34.0 Å². The predicted octanol–water partition coefficient (Wildman–Crippen LogP) is 4.30. The summed E-state index contributed by atoms with van der Waals surface area (Å²) in [7, 11) is 0. The summed E-state index contributed by atoms with van der Waals surface area (Å²) in [6.07, 6.45) is 6.77. The van der Waals surface area contributed by atoms with Gasteiger partial charge < -0.3 is 5.32 Å². The third-order valence-corrected chi connectivity index (χ3v) is 4.79. The first kappa shape index (κ1) is 13.1. The second-order valence-electron chi connectivity index (χ2n) is 5.16. The maximum Gasteiger partial charge on any atom is 0.206 e. The molecule has 1 saturated carbocycles. The Morgan fingerprint density at radius 2 is 2.11 bits per heavy atom. The molecule has 3 nitrogen and oxygen atoms in total. The Morgan fingerprint density at radius 1 is 1.26 bits per heavy atom. The zero-order valence-electron chi connectivity index (χ0n) is 10.8. The number of fused-ring (bicyclic) bond motifs is 1. The van der Waals surface area contributed by atoms with Crippen LogP contribution in [0.4, 0.5) is 5.69 Å². The summed E-state index contributed by atoms with van der Waals surface area (Å²) >= 11 is 7.60. The maximum atomic E-state index is 6.01. The van der Waals surface area contributed by atoms with Gasteiger partial charge in [0.05, 0.1) is 10.6 Å². The average Bonchev–Trinajstić information content (AvgIpc) is 2.46. The molecule has 1 fully saturated rings. The van der Waals surface area contributed by atoms with E-state index in [2.05, 4.69) is 15.0 Å². The lowest BCUT2D eigenvalue weighted by Crippen LogP contribution is -2.30. The van der Waals surface area contributed by atoms with E-state index in [9.17, 15) is 0 Å². The molecule has 3 rings (SSSR count). The lowest BCUT2D eigenvalue weighted by atomic mass is 9.89. The van der Waals surface area contributed by atoms with Crippen LogP contribution in [0.5, 0.6) is 0 Å². The molecular formula is C14H18ClN3S. The van der Waals surface area contributed by atoms with E-state index in [-0.39, 0.29) is 0 Å². The molecule has 1 heterocycles. The number of guanidine groups is 1. The highest BCUT2D eigenvalue weighted by atomic mass is 35.5. The zero-order valence-corrected chi connectivity index (χ0v) is 12.4. The minimum Gasteiger partial charge on any atom is -0.325 e. The van der Waals surface area contributed by atoms with Gasteiger partial charge in [-0.05, 0) is 48.9 Å². The van der Waals surface area contributed by atoms with E-state index in [0.29, 0.717) is 0 Å². The highest BCUT2D eigenvalue weighted by Crippen LogP contribution is 2.31. The normalized spacial score (nSPS) is 21.6. The van der Waals surface area contributed by atoms with E-state index < -0.39 is 0 Å². The third kappa shape index (κ3) is 3.37. The van der Waals surface area contributed by atoms with Crippen LogP contribution in [0, 0.1) is 5.92 Å². The van der Waals surface area contributed by atoms with Gasteiger partial charge in [-0.1, -0.05) is 30.9 Å². The van der Waals surface area contributed by atoms with Crippen LogP contribution in [0.15, 0.2) is 28.1 Å². The van der Waals surface area contributed by atoms with Crippen LogP contribution in [0.1, 0.15) is 32.1 Å². The Hall–Kier alpha value is -0.870. The van der Waals surface area contributed by atoms with E-state index >= 15 is 0 Å². The SMILES string of the molecule is Clc1ccc2c(c1)NC(=NCC1CCCCC1)NS2. The van der Waals surface area contributed by atoms with Gasteiger partial charge in [0.25, 0.3) is 0 Å². The standard InChI is InChI=1S/C14H18ClN3S/c15-11-6-7-13-12(8-11)17-14(18-19-13)16-9-10-4-2-1-3-5-10/h6-8,10H,1-5,9H2,(H2,16,17,18).